The summed E-state index contributed by atoms with van der Waals surface area (Å²) in [5.74, 6) is 0. The lowest BCUT2D eigenvalue weighted by Crippen LogP contribution is -2.08. The molecule has 3 nitrogen and oxygen atoms in total. The first kappa shape index (κ1) is 38.0. The van der Waals surface area contributed by atoms with E-state index in [0.29, 0.717) is 6.42 Å². The van der Waals surface area contributed by atoms with E-state index >= 15 is 0 Å². The summed E-state index contributed by atoms with van der Waals surface area (Å²) in [4.78, 5) is 5.98. The zero-order valence-corrected chi connectivity index (χ0v) is 37.4. The molecule has 0 fully saturated rings. The SMILES string of the molecule is CC1=C(c2ccc3c(c2)sc2ccccc23)N=C(c2c(-n3c4cc5ccccc5cc4c4cc5ccccc5cc43)ccc3oc4ccccc4c23)CC=C1c1cccc(-c2ccccc2)c1. The number of rotatable bonds is 5. The van der Waals surface area contributed by atoms with E-state index in [-0.39, 0.29) is 0 Å². The normalized spacial score (nSPS) is 13.5. The number of aromatic nitrogens is 1. The number of para-hydroxylation sites is 1. The fraction of sp³-hybridized carbons (Fsp3) is 0.0317. The van der Waals surface area contributed by atoms with E-state index in [9.17, 15) is 0 Å². The van der Waals surface area contributed by atoms with E-state index in [1.807, 2.05) is 11.3 Å². The molecule has 0 saturated heterocycles. The molecule has 1 aliphatic heterocycles. The van der Waals surface area contributed by atoms with Crippen LogP contribution in [-0.2, 0) is 0 Å². The maximum absolute atomic E-state index is 6.74. The van der Waals surface area contributed by atoms with Crippen molar-refractivity contribution in [2.24, 2.45) is 4.99 Å². The standard InChI is InChI=1S/C63H40N2OS/c1-38-47(45-21-13-20-40(32-45)39-14-3-2-4-15-39)28-29-53(64-63(38)46-26-27-49-48-22-10-12-25-59(48)67-60(49)37-46)62-54(30-31-58-61(62)50-23-9-11-24-57(50)66-58)65-55-35-43-18-7-5-16-41(43)33-51(55)52-34-42-17-6-8-19-44(42)36-56(52)65/h2-28,30-37H,29H2,1H3. The quantitative estimate of drug-likeness (QED) is 0.169. The van der Waals surface area contributed by atoms with Crippen molar-refractivity contribution in [3.8, 4) is 16.8 Å². The van der Waals surface area contributed by atoms with Crippen LogP contribution in [0.25, 0.3) is 114 Å². The molecular weight excluding hydrogens is 833 g/mol. The van der Waals surface area contributed by atoms with Crippen LogP contribution >= 0.6 is 11.3 Å². The largest absolute Gasteiger partial charge is 0.456 e. The Kier molecular flexibility index (Phi) is 8.43. The third kappa shape index (κ3) is 6.00. The van der Waals surface area contributed by atoms with E-state index in [2.05, 4.69) is 224 Å². The number of nitrogens with zero attached hydrogens (tertiary/aromatic N) is 2. The Morgan fingerprint density at radius 3 is 1.85 bits per heavy atom. The van der Waals surface area contributed by atoms with Gasteiger partial charge in [0.1, 0.15) is 11.2 Å². The Balaban J connectivity index is 1.08. The van der Waals surface area contributed by atoms with Crippen LogP contribution in [0.3, 0.4) is 0 Å². The second-order valence-electron chi connectivity index (χ2n) is 17.8. The molecule has 0 spiro atoms. The van der Waals surface area contributed by atoms with Gasteiger partial charge in [-0.25, -0.2) is 0 Å². The monoisotopic (exact) mass is 872 g/mol. The molecule has 14 rings (SSSR count). The lowest BCUT2D eigenvalue weighted by molar-refractivity contribution is 0.669. The first-order valence-electron chi connectivity index (χ1n) is 23.0. The van der Waals surface area contributed by atoms with Crippen LogP contribution in [0.1, 0.15) is 30.0 Å². The van der Waals surface area contributed by atoms with E-state index in [1.165, 1.54) is 74.8 Å². The molecule has 0 atom stereocenters. The summed E-state index contributed by atoms with van der Waals surface area (Å²) in [6.07, 6.45) is 3.02. The molecule has 0 saturated carbocycles. The van der Waals surface area contributed by atoms with E-state index in [1.54, 1.807) is 0 Å². The van der Waals surface area contributed by atoms with Crippen molar-refractivity contribution >= 4 is 114 Å². The molecule has 0 bridgehead atoms. The first-order chi connectivity index (χ1) is 33.1. The van der Waals surface area contributed by atoms with E-state index < -0.39 is 0 Å². The molecule has 4 heterocycles. The number of benzene rings is 10. The minimum atomic E-state index is 0.603. The van der Waals surface area contributed by atoms with Crippen LogP contribution in [0.4, 0.5) is 0 Å². The number of hydrogen-bond acceptors (Lipinski definition) is 3. The smallest absolute Gasteiger partial charge is 0.136 e. The fourth-order valence-electron chi connectivity index (χ4n) is 10.8. The highest BCUT2D eigenvalue weighted by atomic mass is 32.1. The number of aliphatic imine (C=N–C) groups is 1. The Hall–Kier alpha value is -8.31. The van der Waals surface area contributed by atoms with Crippen molar-refractivity contribution in [1.82, 2.24) is 4.57 Å². The average molecular weight is 873 g/mol. The molecule has 0 amide bonds. The van der Waals surface area contributed by atoms with Crippen molar-refractivity contribution in [1.29, 1.82) is 0 Å². The molecular formula is C63H40N2OS. The Bertz CT molecular complexity index is 4220. The van der Waals surface area contributed by atoms with Gasteiger partial charge >= 0.3 is 0 Å². The number of furan rings is 1. The molecule has 10 aromatic carbocycles. The summed E-state index contributed by atoms with van der Waals surface area (Å²) in [6, 6.07) is 75.2. The number of fused-ring (bicyclic) bond motifs is 11. The van der Waals surface area contributed by atoms with Gasteiger partial charge in [0.25, 0.3) is 0 Å². The van der Waals surface area contributed by atoms with Crippen LogP contribution in [0.2, 0.25) is 0 Å². The van der Waals surface area contributed by atoms with Crippen molar-refractivity contribution in [2.45, 2.75) is 13.3 Å². The summed E-state index contributed by atoms with van der Waals surface area (Å²) < 4.78 is 11.8. The van der Waals surface area contributed by atoms with Crippen LogP contribution in [-0.4, -0.2) is 10.3 Å². The molecule has 67 heavy (non-hydrogen) atoms. The first-order valence-corrected chi connectivity index (χ1v) is 23.8. The summed E-state index contributed by atoms with van der Waals surface area (Å²) in [6.45, 7) is 2.26. The fourth-order valence-corrected chi connectivity index (χ4v) is 12.0. The van der Waals surface area contributed by atoms with Crippen molar-refractivity contribution < 1.29 is 4.42 Å². The Morgan fingerprint density at radius 2 is 1.09 bits per heavy atom. The van der Waals surface area contributed by atoms with Crippen LogP contribution < -0.4 is 0 Å². The van der Waals surface area contributed by atoms with Crippen molar-refractivity contribution in [2.75, 3.05) is 0 Å². The maximum Gasteiger partial charge on any atom is 0.136 e. The van der Waals surface area contributed by atoms with Gasteiger partial charge in [0.2, 0.25) is 0 Å². The molecule has 1 aliphatic rings. The number of allylic oxidation sites excluding steroid dienone is 3. The second-order valence-corrected chi connectivity index (χ2v) is 18.9. The van der Waals surface area contributed by atoms with Crippen LogP contribution in [0.15, 0.2) is 227 Å². The zero-order chi connectivity index (χ0) is 44.2. The van der Waals surface area contributed by atoms with Gasteiger partial charge in [-0.3, -0.25) is 4.99 Å². The maximum atomic E-state index is 6.74. The summed E-state index contributed by atoms with van der Waals surface area (Å²) >= 11 is 1.85. The van der Waals surface area contributed by atoms with E-state index in [4.69, 9.17) is 9.41 Å². The zero-order valence-electron chi connectivity index (χ0n) is 36.6. The molecule has 4 heteroatoms. The van der Waals surface area contributed by atoms with Gasteiger partial charge in [0.15, 0.2) is 0 Å². The minimum Gasteiger partial charge on any atom is -0.456 e. The molecule has 314 valence electrons. The third-order valence-corrected chi connectivity index (χ3v) is 15.1. The summed E-state index contributed by atoms with van der Waals surface area (Å²) in [5, 5.41) is 12.0. The van der Waals surface area contributed by atoms with Crippen molar-refractivity contribution in [3.63, 3.8) is 0 Å². The van der Waals surface area contributed by atoms with Gasteiger partial charge in [0, 0.05) is 59.3 Å². The lowest BCUT2D eigenvalue weighted by atomic mass is 9.92. The average Bonchev–Trinajstić information content (AvgIpc) is 4.00. The van der Waals surface area contributed by atoms with Gasteiger partial charge < -0.3 is 8.98 Å². The summed E-state index contributed by atoms with van der Waals surface area (Å²) in [7, 11) is 0. The molecule has 3 aromatic heterocycles. The highest BCUT2D eigenvalue weighted by molar-refractivity contribution is 7.25. The molecule has 0 radical (unpaired) electrons. The number of hydrogen-bond donors (Lipinski definition) is 0. The Morgan fingerprint density at radius 1 is 0.463 bits per heavy atom. The van der Waals surface area contributed by atoms with Gasteiger partial charge in [-0.05, 0) is 117 Å². The van der Waals surface area contributed by atoms with Crippen LogP contribution in [0.5, 0.6) is 0 Å². The summed E-state index contributed by atoms with van der Waals surface area (Å²) in [5.41, 5.74) is 15.1. The van der Waals surface area contributed by atoms with Gasteiger partial charge in [-0.2, -0.15) is 0 Å². The third-order valence-electron chi connectivity index (χ3n) is 14.0. The van der Waals surface area contributed by atoms with Gasteiger partial charge in [0.05, 0.1) is 28.1 Å². The highest BCUT2D eigenvalue weighted by Gasteiger charge is 2.26. The second kappa shape index (κ2) is 14.9. The predicted molar refractivity (Wildman–Crippen MR) is 286 cm³/mol. The van der Waals surface area contributed by atoms with E-state index in [0.717, 1.165) is 66.8 Å². The minimum absolute atomic E-state index is 0.603. The molecule has 0 unspecified atom stereocenters. The Labute approximate surface area is 390 Å². The lowest BCUT2D eigenvalue weighted by Gasteiger charge is -2.17. The predicted octanol–water partition coefficient (Wildman–Crippen LogP) is 17.7. The molecule has 13 aromatic rings. The molecule has 0 aliphatic carbocycles. The van der Waals surface area contributed by atoms with Crippen molar-refractivity contribution in [3.05, 3.63) is 235 Å². The van der Waals surface area contributed by atoms with Crippen LogP contribution in [0, 0.1) is 0 Å². The topological polar surface area (TPSA) is 30.4 Å². The van der Waals surface area contributed by atoms with Gasteiger partial charge in [-0.15, -0.1) is 11.3 Å². The highest BCUT2D eigenvalue weighted by Crippen LogP contribution is 2.45. The number of thiophene rings is 1. The molecule has 0 N–H and O–H groups in total. The van der Waals surface area contributed by atoms with Gasteiger partial charge in [-0.1, -0.05) is 152 Å².